The number of benzene rings is 1. The van der Waals surface area contributed by atoms with E-state index in [1.54, 1.807) is 6.07 Å². The van der Waals surface area contributed by atoms with Crippen LogP contribution in [-0.4, -0.2) is 5.78 Å². The predicted molar refractivity (Wildman–Crippen MR) is 69.2 cm³/mol. The largest absolute Gasteiger partial charge is 0.294 e. The summed E-state index contributed by atoms with van der Waals surface area (Å²) in [7, 11) is 0. The Kier molecular flexibility index (Phi) is 4.15. The van der Waals surface area contributed by atoms with E-state index < -0.39 is 0 Å². The first-order valence-corrected chi connectivity index (χ1v) is 5.97. The van der Waals surface area contributed by atoms with Crippen LogP contribution in [0.1, 0.15) is 49.5 Å². The maximum absolute atomic E-state index is 11.9. The minimum absolute atomic E-state index is 0.178. The predicted octanol–water partition coefficient (Wildman–Crippen LogP) is 4.66. The molecule has 0 aliphatic carbocycles. The number of halogens is 1. The normalized spacial score (nSPS) is 11.6. The van der Waals surface area contributed by atoms with Crippen LogP contribution in [-0.2, 0) is 0 Å². The topological polar surface area (TPSA) is 17.1 Å². The molecule has 0 aliphatic rings. The summed E-state index contributed by atoms with van der Waals surface area (Å²) in [4.78, 5) is 11.9. The van der Waals surface area contributed by atoms with Gasteiger partial charge in [-0.15, -0.1) is 0 Å². The Balaban J connectivity index is 2.70. The van der Waals surface area contributed by atoms with Gasteiger partial charge >= 0.3 is 0 Å². The van der Waals surface area contributed by atoms with Crippen molar-refractivity contribution in [3.05, 3.63) is 34.3 Å². The van der Waals surface area contributed by atoms with Crippen LogP contribution in [0.3, 0.4) is 0 Å². The van der Waals surface area contributed by atoms with Crippen LogP contribution in [0.2, 0.25) is 5.02 Å². The third-order valence-electron chi connectivity index (χ3n) is 2.60. The molecule has 0 saturated heterocycles. The van der Waals surface area contributed by atoms with Crippen molar-refractivity contribution in [2.24, 2.45) is 5.41 Å². The van der Waals surface area contributed by atoms with Gasteiger partial charge in [0.1, 0.15) is 0 Å². The second-order valence-electron chi connectivity index (χ2n) is 5.45. The van der Waals surface area contributed by atoms with Crippen molar-refractivity contribution in [1.82, 2.24) is 0 Å². The van der Waals surface area contributed by atoms with Crippen LogP contribution < -0.4 is 0 Å². The molecule has 0 fully saturated rings. The number of aryl methyl sites for hydroxylation is 1. The Bertz CT molecular complexity index is 388. The number of carbonyl (C=O) groups is 1. The third kappa shape index (κ3) is 3.97. The lowest BCUT2D eigenvalue weighted by molar-refractivity contribution is 0.0966. The van der Waals surface area contributed by atoms with Gasteiger partial charge in [0.2, 0.25) is 0 Å². The van der Waals surface area contributed by atoms with Crippen LogP contribution in [0, 0.1) is 12.3 Å². The molecule has 0 aromatic heterocycles. The molecule has 1 rings (SSSR count). The Morgan fingerprint density at radius 3 is 2.44 bits per heavy atom. The van der Waals surface area contributed by atoms with E-state index in [4.69, 9.17) is 11.6 Å². The molecular weight excluding hydrogens is 220 g/mol. The first kappa shape index (κ1) is 13.2. The van der Waals surface area contributed by atoms with Crippen molar-refractivity contribution in [2.45, 2.75) is 40.5 Å². The van der Waals surface area contributed by atoms with E-state index in [2.05, 4.69) is 20.8 Å². The van der Waals surface area contributed by atoms with E-state index in [1.165, 1.54) is 0 Å². The number of Topliss-reactive ketones (excluding diaryl/α,β-unsaturated/α-hetero) is 1. The lowest BCUT2D eigenvalue weighted by atomic mass is 9.88. The molecule has 1 aromatic carbocycles. The van der Waals surface area contributed by atoms with Crippen molar-refractivity contribution in [2.75, 3.05) is 0 Å². The Morgan fingerprint density at radius 1 is 1.31 bits per heavy atom. The van der Waals surface area contributed by atoms with Crippen molar-refractivity contribution in [3.8, 4) is 0 Å². The number of rotatable bonds is 3. The monoisotopic (exact) mass is 238 g/mol. The zero-order valence-electron chi connectivity index (χ0n) is 10.4. The molecule has 1 aromatic rings. The highest BCUT2D eigenvalue weighted by atomic mass is 35.5. The summed E-state index contributed by atoms with van der Waals surface area (Å²) in [5, 5.41) is 0.668. The highest BCUT2D eigenvalue weighted by Crippen LogP contribution is 2.23. The molecule has 0 aliphatic heterocycles. The number of hydrogen-bond acceptors (Lipinski definition) is 1. The summed E-state index contributed by atoms with van der Waals surface area (Å²) in [6.07, 6.45) is 1.49. The summed E-state index contributed by atoms with van der Waals surface area (Å²) >= 11 is 6.00. The fraction of sp³-hybridized carbons (Fsp3) is 0.500. The lowest BCUT2D eigenvalue weighted by Crippen LogP contribution is -2.09. The third-order valence-corrected chi connectivity index (χ3v) is 3.00. The average Bonchev–Trinajstić information content (AvgIpc) is 2.17. The van der Waals surface area contributed by atoms with Gasteiger partial charge in [0, 0.05) is 17.0 Å². The molecule has 0 atom stereocenters. The van der Waals surface area contributed by atoms with E-state index in [9.17, 15) is 4.79 Å². The standard InChI is InChI=1S/C14H19ClO/c1-10-5-6-11(9-12(10)15)13(16)7-8-14(2,3)4/h5-6,9H,7-8H2,1-4H3. The highest BCUT2D eigenvalue weighted by molar-refractivity contribution is 6.31. The van der Waals surface area contributed by atoms with Gasteiger partial charge in [-0.25, -0.2) is 0 Å². The van der Waals surface area contributed by atoms with Gasteiger partial charge in [-0.2, -0.15) is 0 Å². The molecule has 0 bridgehead atoms. The lowest BCUT2D eigenvalue weighted by Gasteiger charge is -2.17. The summed E-state index contributed by atoms with van der Waals surface area (Å²) in [5.74, 6) is 0.178. The van der Waals surface area contributed by atoms with Crippen LogP contribution in [0.5, 0.6) is 0 Å². The molecular formula is C14H19ClO. The van der Waals surface area contributed by atoms with E-state index in [1.807, 2.05) is 19.1 Å². The number of ketones is 1. The molecule has 1 nitrogen and oxygen atoms in total. The van der Waals surface area contributed by atoms with E-state index in [0.29, 0.717) is 11.4 Å². The zero-order chi connectivity index (χ0) is 12.3. The van der Waals surface area contributed by atoms with Crippen molar-refractivity contribution >= 4 is 17.4 Å². The smallest absolute Gasteiger partial charge is 0.162 e. The summed E-state index contributed by atoms with van der Waals surface area (Å²) in [5.41, 5.74) is 1.93. The highest BCUT2D eigenvalue weighted by Gasteiger charge is 2.14. The molecule has 0 heterocycles. The van der Waals surface area contributed by atoms with Crippen LogP contribution in [0.4, 0.5) is 0 Å². The van der Waals surface area contributed by atoms with Crippen LogP contribution in [0.25, 0.3) is 0 Å². The molecule has 0 spiro atoms. The van der Waals surface area contributed by atoms with E-state index in [0.717, 1.165) is 17.5 Å². The summed E-state index contributed by atoms with van der Waals surface area (Å²) in [6.45, 7) is 8.36. The molecule has 2 heteroatoms. The maximum Gasteiger partial charge on any atom is 0.162 e. The molecule has 0 unspecified atom stereocenters. The van der Waals surface area contributed by atoms with Crippen LogP contribution >= 0.6 is 11.6 Å². The maximum atomic E-state index is 11.9. The Morgan fingerprint density at radius 2 is 1.94 bits per heavy atom. The SMILES string of the molecule is Cc1ccc(C(=O)CCC(C)(C)C)cc1Cl. The fourth-order valence-corrected chi connectivity index (χ4v) is 1.58. The first-order valence-electron chi connectivity index (χ1n) is 5.59. The van der Waals surface area contributed by atoms with Gasteiger partial charge in [-0.3, -0.25) is 4.79 Å². The molecule has 16 heavy (non-hydrogen) atoms. The van der Waals surface area contributed by atoms with Gasteiger partial charge in [0.05, 0.1) is 0 Å². The van der Waals surface area contributed by atoms with E-state index in [-0.39, 0.29) is 11.2 Å². The summed E-state index contributed by atoms with van der Waals surface area (Å²) in [6, 6.07) is 5.51. The molecule has 88 valence electrons. The van der Waals surface area contributed by atoms with Crippen LogP contribution in [0.15, 0.2) is 18.2 Å². The van der Waals surface area contributed by atoms with Crippen molar-refractivity contribution in [1.29, 1.82) is 0 Å². The first-order chi connectivity index (χ1) is 7.29. The second kappa shape index (κ2) is 5.01. The van der Waals surface area contributed by atoms with Crippen molar-refractivity contribution in [3.63, 3.8) is 0 Å². The minimum Gasteiger partial charge on any atom is -0.294 e. The average molecular weight is 239 g/mol. The Hall–Kier alpha value is -0.820. The fourth-order valence-electron chi connectivity index (χ4n) is 1.40. The van der Waals surface area contributed by atoms with Gasteiger partial charge < -0.3 is 0 Å². The molecule has 0 saturated carbocycles. The molecule has 0 radical (unpaired) electrons. The Labute approximate surface area is 103 Å². The molecule has 0 amide bonds. The van der Waals surface area contributed by atoms with Gasteiger partial charge in [-0.1, -0.05) is 44.5 Å². The number of carbonyl (C=O) groups excluding carboxylic acids is 1. The van der Waals surface area contributed by atoms with Crippen molar-refractivity contribution < 1.29 is 4.79 Å². The summed E-state index contributed by atoms with van der Waals surface area (Å²) < 4.78 is 0. The quantitative estimate of drug-likeness (QED) is 0.700. The second-order valence-corrected chi connectivity index (χ2v) is 5.85. The molecule has 0 N–H and O–H groups in total. The van der Waals surface area contributed by atoms with E-state index >= 15 is 0 Å². The zero-order valence-corrected chi connectivity index (χ0v) is 11.2. The number of hydrogen-bond donors (Lipinski definition) is 0. The van der Waals surface area contributed by atoms with Gasteiger partial charge in [0.15, 0.2) is 5.78 Å². The van der Waals surface area contributed by atoms with Gasteiger partial charge in [0.25, 0.3) is 0 Å². The minimum atomic E-state index is 0.178. The van der Waals surface area contributed by atoms with Gasteiger partial charge in [-0.05, 0) is 30.4 Å².